The average molecular weight is 410 g/mol. The summed E-state index contributed by atoms with van der Waals surface area (Å²) in [6.45, 7) is 10.7. The minimum absolute atomic E-state index is 0.337. The molecule has 25 heavy (non-hydrogen) atoms. The Hall–Kier alpha value is -1.89. The number of aryl methyl sites for hydroxylation is 1. The Balaban J connectivity index is 2.07. The van der Waals surface area contributed by atoms with Gasteiger partial charge in [-0.15, -0.1) is 0 Å². The van der Waals surface area contributed by atoms with Crippen LogP contribution in [0.3, 0.4) is 0 Å². The maximum absolute atomic E-state index is 12.2. The lowest BCUT2D eigenvalue weighted by atomic mass is 10.2. The zero-order valence-corrected chi connectivity index (χ0v) is 16.9. The van der Waals surface area contributed by atoms with Crippen molar-refractivity contribution in [2.45, 2.75) is 40.2 Å². The van der Waals surface area contributed by atoms with Crippen molar-refractivity contribution in [1.82, 2.24) is 14.9 Å². The number of carbonyl (C=O) groups is 1. The number of carbonyl (C=O) groups excluding carboxylic acids is 1. The predicted octanol–water partition coefficient (Wildman–Crippen LogP) is 4.34. The first-order valence-corrected chi connectivity index (χ1v) is 9.02. The highest BCUT2D eigenvalue weighted by atomic mass is 79.9. The van der Waals surface area contributed by atoms with E-state index in [4.69, 9.17) is 9.47 Å². The van der Waals surface area contributed by atoms with Crippen molar-refractivity contribution in [2.75, 3.05) is 19.7 Å². The van der Waals surface area contributed by atoms with E-state index in [1.54, 1.807) is 4.90 Å². The first-order valence-electron chi connectivity index (χ1n) is 8.23. The molecule has 0 unspecified atom stereocenters. The van der Waals surface area contributed by atoms with Crippen LogP contribution in [0.15, 0.2) is 22.9 Å². The standard InChI is InChI=1S/C18H24BrN3O3/c1-6-22(17(23)25-18(3,4)5)7-8-24-15-10-13(19)9-14-12(2)20-11-21-16(14)15/h9-11H,6-8H2,1-5H3. The van der Waals surface area contributed by atoms with Gasteiger partial charge in [0, 0.05) is 22.1 Å². The second kappa shape index (κ2) is 7.99. The molecule has 0 bridgehead atoms. The second-order valence-electron chi connectivity index (χ2n) is 6.67. The first-order chi connectivity index (χ1) is 11.7. The van der Waals surface area contributed by atoms with Crippen LogP contribution in [0.4, 0.5) is 4.79 Å². The summed E-state index contributed by atoms with van der Waals surface area (Å²) in [4.78, 5) is 22.3. The zero-order valence-electron chi connectivity index (χ0n) is 15.3. The van der Waals surface area contributed by atoms with Gasteiger partial charge in [-0.1, -0.05) is 15.9 Å². The third-order valence-electron chi connectivity index (χ3n) is 3.52. The maximum atomic E-state index is 12.2. The van der Waals surface area contributed by atoms with Gasteiger partial charge in [0.15, 0.2) is 0 Å². The number of nitrogens with zero attached hydrogens (tertiary/aromatic N) is 3. The van der Waals surface area contributed by atoms with E-state index in [-0.39, 0.29) is 6.09 Å². The fourth-order valence-electron chi connectivity index (χ4n) is 2.31. The highest BCUT2D eigenvalue weighted by molar-refractivity contribution is 9.10. The number of aromatic nitrogens is 2. The molecule has 6 nitrogen and oxygen atoms in total. The van der Waals surface area contributed by atoms with Crippen LogP contribution in [-0.4, -0.2) is 46.3 Å². The van der Waals surface area contributed by atoms with Crippen LogP contribution in [0.2, 0.25) is 0 Å². The number of likely N-dealkylation sites (N-methyl/N-ethyl adjacent to an activating group) is 1. The molecule has 0 saturated carbocycles. The number of ether oxygens (including phenoxy) is 2. The summed E-state index contributed by atoms with van der Waals surface area (Å²) >= 11 is 3.49. The molecule has 136 valence electrons. The van der Waals surface area contributed by atoms with Gasteiger partial charge in [0.05, 0.1) is 6.54 Å². The molecule has 0 aliphatic heterocycles. The van der Waals surface area contributed by atoms with E-state index in [1.807, 2.05) is 46.8 Å². The molecule has 0 radical (unpaired) electrons. The van der Waals surface area contributed by atoms with E-state index in [9.17, 15) is 4.79 Å². The van der Waals surface area contributed by atoms with E-state index in [1.165, 1.54) is 6.33 Å². The van der Waals surface area contributed by atoms with Gasteiger partial charge in [-0.05, 0) is 46.8 Å². The van der Waals surface area contributed by atoms with Crippen molar-refractivity contribution in [3.8, 4) is 5.75 Å². The summed E-state index contributed by atoms with van der Waals surface area (Å²) in [5.74, 6) is 0.662. The molecule has 1 amide bonds. The number of amides is 1. The summed E-state index contributed by atoms with van der Waals surface area (Å²) in [6, 6.07) is 3.84. The van der Waals surface area contributed by atoms with Gasteiger partial charge < -0.3 is 14.4 Å². The van der Waals surface area contributed by atoms with Crippen molar-refractivity contribution in [2.24, 2.45) is 0 Å². The van der Waals surface area contributed by atoms with Gasteiger partial charge in [0.1, 0.15) is 29.8 Å². The van der Waals surface area contributed by atoms with Crippen LogP contribution < -0.4 is 4.74 Å². The van der Waals surface area contributed by atoms with Gasteiger partial charge in [0.25, 0.3) is 0 Å². The Bertz CT molecular complexity index is 759. The van der Waals surface area contributed by atoms with Crippen LogP contribution in [0.5, 0.6) is 5.75 Å². The summed E-state index contributed by atoms with van der Waals surface area (Å²) < 4.78 is 12.2. The third-order valence-corrected chi connectivity index (χ3v) is 3.98. The van der Waals surface area contributed by atoms with Crippen molar-refractivity contribution >= 4 is 32.9 Å². The Morgan fingerprint density at radius 2 is 2.00 bits per heavy atom. The fraction of sp³-hybridized carbons (Fsp3) is 0.500. The van der Waals surface area contributed by atoms with Crippen LogP contribution in [-0.2, 0) is 4.74 Å². The molecule has 2 aromatic rings. The molecule has 0 fully saturated rings. The minimum Gasteiger partial charge on any atom is -0.489 e. The van der Waals surface area contributed by atoms with Crippen molar-refractivity contribution in [1.29, 1.82) is 0 Å². The van der Waals surface area contributed by atoms with E-state index >= 15 is 0 Å². The Labute approximate surface area is 156 Å². The molecule has 0 N–H and O–H groups in total. The summed E-state index contributed by atoms with van der Waals surface area (Å²) in [7, 11) is 0. The van der Waals surface area contributed by atoms with Gasteiger partial charge in [0.2, 0.25) is 0 Å². The van der Waals surface area contributed by atoms with Crippen molar-refractivity contribution in [3.05, 3.63) is 28.6 Å². The minimum atomic E-state index is -0.514. The van der Waals surface area contributed by atoms with E-state index in [2.05, 4.69) is 25.9 Å². The summed E-state index contributed by atoms with van der Waals surface area (Å²) in [6.07, 6.45) is 1.19. The van der Waals surface area contributed by atoms with Crippen molar-refractivity contribution in [3.63, 3.8) is 0 Å². The molecular formula is C18H24BrN3O3. The average Bonchev–Trinajstić information content (AvgIpc) is 2.50. The summed E-state index contributed by atoms with van der Waals surface area (Å²) in [5, 5.41) is 0.936. The monoisotopic (exact) mass is 409 g/mol. The van der Waals surface area contributed by atoms with Gasteiger partial charge in [-0.3, -0.25) is 0 Å². The van der Waals surface area contributed by atoms with E-state index in [0.29, 0.717) is 25.4 Å². The highest BCUT2D eigenvalue weighted by Gasteiger charge is 2.21. The first kappa shape index (κ1) is 19.4. The van der Waals surface area contributed by atoms with Crippen molar-refractivity contribution < 1.29 is 14.3 Å². The van der Waals surface area contributed by atoms with Gasteiger partial charge in [-0.2, -0.15) is 0 Å². The Morgan fingerprint density at radius 1 is 1.28 bits per heavy atom. The fourth-order valence-corrected chi connectivity index (χ4v) is 2.74. The molecule has 0 atom stereocenters. The molecular weight excluding hydrogens is 386 g/mol. The molecule has 0 aliphatic carbocycles. The number of fused-ring (bicyclic) bond motifs is 1. The molecule has 7 heteroatoms. The van der Waals surface area contributed by atoms with Crippen LogP contribution >= 0.6 is 15.9 Å². The zero-order chi connectivity index (χ0) is 18.6. The summed E-state index contributed by atoms with van der Waals surface area (Å²) in [5.41, 5.74) is 1.14. The van der Waals surface area contributed by atoms with Crippen LogP contribution in [0.1, 0.15) is 33.4 Å². The number of benzene rings is 1. The Morgan fingerprint density at radius 3 is 2.64 bits per heavy atom. The molecule has 0 saturated heterocycles. The molecule has 0 aliphatic rings. The maximum Gasteiger partial charge on any atom is 0.410 e. The highest BCUT2D eigenvalue weighted by Crippen LogP contribution is 2.29. The molecule has 2 rings (SSSR count). The smallest absolute Gasteiger partial charge is 0.410 e. The molecule has 1 aromatic carbocycles. The molecule has 1 aromatic heterocycles. The lowest BCUT2D eigenvalue weighted by molar-refractivity contribution is 0.0237. The predicted molar refractivity (Wildman–Crippen MR) is 101 cm³/mol. The number of hydrogen-bond donors (Lipinski definition) is 0. The lowest BCUT2D eigenvalue weighted by Crippen LogP contribution is -2.38. The lowest BCUT2D eigenvalue weighted by Gasteiger charge is -2.26. The quantitative estimate of drug-likeness (QED) is 0.734. The SMILES string of the molecule is CCN(CCOc1cc(Br)cc2c(C)ncnc12)C(=O)OC(C)(C)C. The second-order valence-corrected chi connectivity index (χ2v) is 7.58. The Kier molecular flexibility index (Phi) is 6.21. The number of hydrogen-bond acceptors (Lipinski definition) is 5. The van der Waals surface area contributed by atoms with Crippen LogP contribution in [0, 0.1) is 6.92 Å². The number of halogens is 1. The van der Waals surface area contributed by atoms with Gasteiger partial charge >= 0.3 is 6.09 Å². The molecule has 1 heterocycles. The van der Waals surface area contributed by atoms with Crippen LogP contribution in [0.25, 0.3) is 10.9 Å². The van der Waals surface area contributed by atoms with Gasteiger partial charge in [-0.25, -0.2) is 14.8 Å². The number of rotatable bonds is 5. The topological polar surface area (TPSA) is 64.5 Å². The van der Waals surface area contributed by atoms with E-state index < -0.39 is 5.60 Å². The third kappa shape index (κ3) is 5.29. The largest absolute Gasteiger partial charge is 0.489 e. The van der Waals surface area contributed by atoms with E-state index in [0.717, 1.165) is 21.1 Å². The molecule has 0 spiro atoms. The normalized spacial score (nSPS) is 11.4.